The van der Waals surface area contributed by atoms with Crippen LogP contribution in [0.2, 0.25) is 0 Å². The van der Waals surface area contributed by atoms with Crippen molar-refractivity contribution in [1.29, 1.82) is 0 Å². The Morgan fingerprint density at radius 3 is 2.85 bits per heavy atom. The second-order valence-electron chi connectivity index (χ2n) is 2.63. The Bertz CT molecular complexity index is 299. The van der Waals surface area contributed by atoms with E-state index in [-0.39, 0.29) is 0 Å². The summed E-state index contributed by atoms with van der Waals surface area (Å²) in [5, 5.41) is 2.86. The first-order valence-corrected chi connectivity index (χ1v) is 4.56. The van der Waals surface area contributed by atoms with E-state index in [0.717, 1.165) is 4.47 Å². The number of pyridine rings is 1. The lowest BCUT2D eigenvalue weighted by molar-refractivity contribution is -0.118. The highest BCUT2D eigenvalue weighted by molar-refractivity contribution is 9.10. The van der Waals surface area contributed by atoms with Crippen LogP contribution in [-0.4, -0.2) is 16.9 Å². The van der Waals surface area contributed by atoms with E-state index in [1.807, 2.05) is 6.07 Å². The molecule has 0 aliphatic rings. The average molecular weight is 244 g/mol. The highest BCUT2D eigenvalue weighted by Gasteiger charge is 2.07. The number of rotatable bonds is 3. The fourth-order valence-corrected chi connectivity index (χ4v) is 0.989. The number of amides is 1. The molecule has 0 fully saturated rings. The molecular formula is C8H10BrN3O. The van der Waals surface area contributed by atoms with Gasteiger partial charge in [0.15, 0.2) is 0 Å². The van der Waals surface area contributed by atoms with Gasteiger partial charge < -0.3 is 11.1 Å². The Labute approximate surface area is 84.7 Å². The summed E-state index contributed by atoms with van der Waals surface area (Å²) >= 11 is 3.26. The molecule has 1 rings (SSSR count). The molecule has 1 atom stereocenters. The summed E-state index contributed by atoms with van der Waals surface area (Å²) in [6.07, 6.45) is 1.65. The van der Waals surface area contributed by atoms with E-state index in [1.165, 1.54) is 0 Å². The minimum Gasteiger partial charge on any atom is -0.368 e. The van der Waals surface area contributed by atoms with Gasteiger partial charge in [0.2, 0.25) is 5.91 Å². The van der Waals surface area contributed by atoms with Gasteiger partial charge in [0, 0.05) is 10.7 Å². The number of nitrogens with one attached hydrogen (secondary N) is 1. The van der Waals surface area contributed by atoms with E-state index in [4.69, 9.17) is 5.73 Å². The molecule has 1 unspecified atom stereocenters. The predicted octanol–water partition coefficient (Wildman–Crippen LogP) is 1.13. The lowest BCUT2D eigenvalue weighted by Gasteiger charge is -2.09. The van der Waals surface area contributed by atoms with Gasteiger partial charge in [-0.25, -0.2) is 4.98 Å². The first kappa shape index (κ1) is 9.98. The van der Waals surface area contributed by atoms with Crippen molar-refractivity contribution in [2.24, 2.45) is 5.73 Å². The Balaban J connectivity index is 2.64. The lowest BCUT2D eigenvalue weighted by Crippen LogP contribution is -2.32. The molecule has 0 saturated carbocycles. The quantitative estimate of drug-likeness (QED) is 0.837. The number of halogens is 1. The third kappa shape index (κ3) is 3.02. The van der Waals surface area contributed by atoms with Crippen LogP contribution < -0.4 is 11.1 Å². The maximum absolute atomic E-state index is 10.7. The van der Waals surface area contributed by atoms with Crippen LogP contribution in [0.1, 0.15) is 6.92 Å². The van der Waals surface area contributed by atoms with Crippen molar-refractivity contribution in [2.45, 2.75) is 13.0 Å². The van der Waals surface area contributed by atoms with Crippen LogP contribution in [0.5, 0.6) is 0 Å². The van der Waals surface area contributed by atoms with E-state index in [9.17, 15) is 4.79 Å². The summed E-state index contributed by atoms with van der Waals surface area (Å²) in [5.74, 6) is 0.235. The molecule has 0 radical (unpaired) electrons. The van der Waals surface area contributed by atoms with E-state index in [1.54, 1.807) is 19.2 Å². The van der Waals surface area contributed by atoms with Crippen molar-refractivity contribution < 1.29 is 4.79 Å². The fourth-order valence-electron chi connectivity index (χ4n) is 0.754. The molecule has 1 heterocycles. The molecule has 5 heteroatoms. The summed E-state index contributed by atoms with van der Waals surface area (Å²) in [7, 11) is 0. The maximum atomic E-state index is 10.7. The molecule has 0 saturated heterocycles. The van der Waals surface area contributed by atoms with Gasteiger partial charge >= 0.3 is 0 Å². The minimum absolute atomic E-state index is 0.398. The molecule has 0 aromatic carbocycles. The minimum atomic E-state index is -0.409. The van der Waals surface area contributed by atoms with Gasteiger partial charge in [-0.2, -0.15) is 0 Å². The molecule has 1 aromatic heterocycles. The van der Waals surface area contributed by atoms with Crippen LogP contribution in [0.15, 0.2) is 22.8 Å². The predicted molar refractivity (Wildman–Crippen MR) is 54.2 cm³/mol. The van der Waals surface area contributed by atoms with Crippen LogP contribution in [0.4, 0.5) is 5.82 Å². The summed E-state index contributed by atoms with van der Waals surface area (Å²) in [4.78, 5) is 14.7. The normalized spacial score (nSPS) is 12.2. The highest BCUT2D eigenvalue weighted by Crippen LogP contribution is 2.10. The van der Waals surface area contributed by atoms with Crippen molar-refractivity contribution >= 4 is 27.7 Å². The number of nitrogens with zero attached hydrogens (tertiary/aromatic N) is 1. The summed E-state index contributed by atoms with van der Waals surface area (Å²) in [5.41, 5.74) is 5.08. The topological polar surface area (TPSA) is 68.0 Å². The highest BCUT2D eigenvalue weighted by atomic mass is 79.9. The van der Waals surface area contributed by atoms with E-state index in [2.05, 4.69) is 26.2 Å². The Morgan fingerprint density at radius 1 is 1.69 bits per heavy atom. The zero-order valence-electron chi connectivity index (χ0n) is 7.12. The zero-order valence-corrected chi connectivity index (χ0v) is 8.71. The van der Waals surface area contributed by atoms with Gasteiger partial charge in [-0.1, -0.05) is 0 Å². The van der Waals surface area contributed by atoms with Gasteiger partial charge in [-0.15, -0.1) is 0 Å². The largest absolute Gasteiger partial charge is 0.368 e. The van der Waals surface area contributed by atoms with Crippen LogP contribution in [0.3, 0.4) is 0 Å². The van der Waals surface area contributed by atoms with Crippen molar-refractivity contribution in [1.82, 2.24) is 4.98 Å². The number of hydrogen-bond donors (Lipinski definition) is 2. The second kappa shape index (κ2) is 4.23. The summed E-state index contributed by atoms with van der Waals surface area (Å²) in [6.45, 7) is 1.69. The number of carbonyl (C=O) groups excluding carboxylic acids is 1. The molecule has 1 aromatic rings. The van der Waals surface area contributed by atoms with Crippen LogP contribution in [0.25, 0.3) is 0 Å². The van der Waals surface area contributed by atoms with Crippen molar-refractivity contribution in [3.63, 3.8) is 0 Å². The Kier molecular flexibility index (Phi) is 3.25. The number of aromatic nitrogens is 1. The van der Waals surface area contributed by atoms with E-state index >= 15 is 0 Å². The third-order valence-electron chi connectivity index (χ3n) is 1.52. The van der Waals surface area contributed by atoms with Crippen molar-refractivity contribution in [3.05, 3.63) is 22.8 Å². The molecular weight excluding hydrogens is 234 g/mol. The Hall–Kier alpha value is -1.10. The average Bonchev–Trinajstić information content (AvgIpc) is 2.08. The number of nitrogens with two attached hydrogens (primary N) is 1. The van der Waals surface area contributed by atoms with Crippen molar-refractivity contribution in [3.8, 4) is 0 Å². The maximum Gasteiger partial charge on any atom is 0.239 e. The fraction of sp³-hybridized carbons (Fsp3) is 0.250. The van der Waals surface area contributed by atoms with Crippen LogP contribution in [0, 0.1) is 0 Å². The SMILES string of the molecule is CC(Nc1ccc(Br)cn1)C(N)=O. The second-order valence-corrected chi connectivity index (χ2v) is 3.55. The van der Waals surface area contributed by atoms with Gasteiger partial charge in [0.1, 0.15) is 11.9 Å². The van der Waals surface area contributed by atoms with Crippen LogP contribution >= 0.6 is 15.9 Å². The first-order valence-electron chi connectivity index (χ1n) is 3.77. The van der Waals surface area contributed by atoms with E-state index < -0.39 is 11.9 Å². The number of anilines is 1. The zero-order chi connectivity index (χ0) is 9.84. The summed E-state index contributed by atoms with van der Waals surface area (Å²) < 4.78 is 0.893. The Morgan fingerprint density at radius 2 is 2.38 bits per heavy atom. The molecule has 0 spiro atoms. The van der Waals surface area contributed by atoms with Crippen molar-refractivity contribution in [2.75, 3.05) is 5.32 Å². The van der Waals surface area contributed by atoms with Gasteiger partial charge in [0.05, 0.1) is 0 Å². The number of hydrogen-bond acceptors (Lipinski definition) is 3. The van der Waals surface area contributed by atoms with Gasteiger partial charge in [0.25, 0.3) is 0 Å². The monoisotopic (exact) mass is 243 g/mol. The lowest BCUT2D eigenvalue weighted by atomic mass is 10.3. The molecule has 13 heavy (non-hydrogen) atoms. The molecule has 0 aliphatic carbocycles. The van der Waals surface area contributed by atoms with Crippen LogP contribution in [-0.2, 0) is 4.79 Å². The van der Waals surface area contributed by atoms with E-state index in [0.29, 0.717) is 5.82 Å². The smallest absolute Gasteiger partial charge is 0.239 e. The molecule has 0 bridgehead atoms. The number of primary amides is 1. The van der Waals surface area contributed by atoms with Gasteiger partial charge in [-0.3, -0.25) is 4.79 Å². The first-order chi connectivity index (χ1) is 6.09. The number of carbonyl (C=O) groups is 1. The molecule has 3 N–H and O–H groups in total. The molecule has 4 nitrogen and oxygen atoms in total. The summed E-state index contributed by atoms with van der Waals surface area (Å²) in [6, 6.07) is 3.20. The molecule has 70 valence electrons. The van der Waals surface area contributed by atoms with Gasteiger partial charge in [-0.05, 0) is 35.0 Å². The molecule has 0 aliphatic heterocycles. The third-order valence-corrected chi connectivity index (χ3v) is 1.99. The molecule has 1 amide bonds. The standard InChI is InChI=1S/C8H10BrN3O/c1-5(8(10)13)12-7-3-2-6(9)4-11-7/h2-5H,1H3,(H2,10,13)(H,11,12).